The maximum Gasteiger partial charge on any atom is 0.0992 e. The van der Waals surface area contributed by atoms with Crippen LogP contribution in [0.4, 0.5) is 5.69 Å². The average Bonchev–Trinajstić information content (AvgIpc) is 2.34. The zero-order valence-corrected chi connectivity index (χ0v) is 11.1. The van der Waals surface area contributed by atoms with Gasteiger partial charge in [0.15, 0.2) is 0 Å². The van der Waals surface area contributed by atoms with Gasteiger partial charge in [0.2, 0.25) is 0 Å². The van der Waals surface area contributed by atoms with Gasteiger partial charge in [0.1, 0.15) is 0 Å². The number of benzene rings is 1. The lowest BCUT2D eigenvalue weighted by Crippen LogP contribution is -2.36. The first kappa shape index (κ1) is 12.4. The number of anilines is 1. The van der Waals surface area contributed by atoms with Gasteiger partial charge in [0.05, 0.1) is 23.8 Å². The van der Waals surface area contributed by atoms with Crippen molar-refractivity contribution in [2.45, 2.75) is 37.8 Å². The van der Waals surface area contributed by atoms with Crippen LogP contribution in [0.2, 0.25) is 0 Å². The summed E-state index contributed by atoms with van der Waals surface area (Å²) in [5, 5.41) is 22.0. The lowest BCUT2D eigenvalue weighted by atomic mass is 9.92. The molecule has 0 spiro atoms. The number of nitriles is 1. The fourth-order valence-electron chi connectivity index (χ4n) is 2.18. The van der Waals surface area contributed by atoms with Gasteiger partial charge in [-0.05, 0) is 47.0 Å². The number of hydrogen-bond acceptors (Lipinski definition) is 3. The van der Waals surface area contributed by atoms with E-state index in [2.05, 4.69) is 27.3 Å². The Kier molecular flexibility index (Phi) is 4.03. The normalized spacial score (nSPS) is 24.1. The molecular formula is C13H15BrN2O. The minimum Gasteiger partial charge on any atom is -0.391 e. The summed E-state index contributed by atoms with van der Waals surface area (Å²) in [4.78, 5) is 0. The first-order valence-electron chi connectivity index (χ1n) is 5.85. The van der Waals surface area contributed by atoms with Crippen molar-refractivity contribution < 1.29 is 5.11 Å². The van der Waals surface area contributed by atoms with Gasteiger partial charge in [-0.15, -0.1) is 0 Å². The SMILES string of the molecule is N#Cc1ccc(N[C@@H]2CCCC[C@H]2O)c(Br)c1. The van der Waals surface area contributed by atoms with E-state index in [0.29, 0.717) is 5.56 Å². The molecule has 2 rings (SSSR count). The molecule has 0 saturated heterocycles. The van der Waals surface area contributed by atoms with Gasteiger partial charge in [0, 0.05) is 10.2 Å². The van der Waals surface area contributed by atoms with Crippen LogP contribution in [0.3, 0.4) is 0 Å². The number of halogens is 1. The second kappa shape index (κ2) is 5.52. The van der Waals surface area contributed by atoms with Crippen molar-refractivity contribution >= 4 is 21.6 Å². The van der Waals surface area contributed by atoms with Crippen LogP contribution < -0.4 is 5.32 Å². The highest BCUT2D eigenvalue weighted by Crippen LogP contribution is 2.27. The number of hydrogen-bond donors (Lipinski definition) is 2. The number of nitrogens with zero attached hydrogens (tertiary/aromatic N) is 1. The van der Waals surface area contributed by atoms with Crippen molar-refractivity contribution in [3.8, 4) is 6.07 Å². The summed E-state index contributed by atoms with van der Waals surface area (Å²) in [6.45, 7) is 0. The lowest BCUT2D eigenvalue weighted by molar-refractivity contribution is 0.116. The molecule has 2 N–H and O–H groups in total. The highest BCUT2D eigenvalue weighted by molar-refractivity contribution is 9.10. The molecule has 0 amide bonds. The molecule has 0 aliphatic heterocycles. The molecular weight excluding hydrogens is 280 g/mol. The number of nitrogens with one attached hydrogen (secondary N) is 1. The molecule has 0 radical (unpaired) electrons. The van der Waals surface area contributed by atoms with E-state index in [1.54, 1.807) is 12.1 Å². The third-order valence-electron chi connectivity index (χ3n) is 3.17. The van der Waals surface area contributed by atoms with Crippen LogP contribution in [0.5, 0.6) is 0 Å². The predicted octanol–water partition coefficient (Wildman–Crippen LogP) is 3.04. The maximum atomic E-state index is 9.89. The summed E-state index contributed by atoms with van der Waals surface area (Å²) in [6.07, 6.45) is 3.85. The van der Waals surface area contributed by atoms with Crippen LogP contribution in [0, 0.1) is 11.3 Å². The molecule has 1 aromatic rings. The predicted molar refractivity (Wildman–Crippen MR) is 70.7 cm³/mol. The summed E-state index contributed by atoms with van der Waals surface area (Å²) in [6, 6.07) is 7.67. The molecule has 1 aromatic carbocycles. The summed E-state index contributed by atoms with van der Waals surface area (Å²) in [7, 11) is 0. The van der Waals surface area contributed by atoms with Gasteiger partial charge in [0.25, 0.3) is 0 Å². The molecule has 0 heterocycles. The highest BCUT2D eigenvalue weighted by atomic mass is 79.9. The van der Waals surface area contributed by atoms with Gasteiger partial charge in [-0.25, -0.2) is 0 Å². The standard InChI is InChI=1S/C13H15BrN2O/c14-10-7-9(8-15)5-6-11(10)16-12-3-1-2-4-13(12)17/h5-7,12-13,16-17H,1-4H2/t12-,13-/m1/s1. The first-order valence-corrected chi connectivity index (χ1v) is 6.64. The Morgan fingerprint density at radius 3 is 2.76 bits per heavy atom. The highest BCUT2D eigenvalue weighted by Gasteiger charge is 2.23. The first-order chi connectivity index (χ1) is 8.20. The van der Waals surface area contributed by atoms with Gasteiger partial charge in [-0.1, -0.05) is 12.8 Å². The van der Waals surface area contributed by atoms with E-state index in [1.807, 2.05) is 6.07 Å². The third kappa shape index (κ3) is 2.99. The smallest absolute Gasteiger partial charge is 0.0992 e. The zero-order valence-electron chi connectivity index (χ0n) is 9.49. The average molecular weight is 295 g/mol. The van der Waals surface area contributed by atoms with Crippen LogP contribution in [0.25, 0.3) is 0 Å². The monoisotopic (exact) mass is 294 g/mol. The molecule has 4 heteroatoms. The largest absolute Gasteiger partial charge is 0.391 e. The van der Waals surface area contributed by atoms with Crippen molar-refractivity contribution in [1.29, 1.82) is 5.26 Å². The van der Waals surface area contributed by atoms with Crippen molar-refractivity contribution in [1.82, 2.24) is 0 Å². The number of aliphatic hydroxyl groups excluding tert-OH is 1. The minimum atomic E-state index is -0.272. The number of aliphatic hydroxyl groups is 1. The van der Waals surface area contributed by atoms with Crippen molar-refractivity contribution in [2.24, 2.45) is 0 Å². The molecule has 0 bridgehead atoms. The quantitative estimate of drug-likeness (QED) is 0.881. The van der Waals surface area contributed by atoms with Crippen LogP contribution in [-0.2, 0) is 0 Å². The Labute approximate surface area is 110 Å². The molecule has 17 heavy (non-hydrogen) atoms. The maximum absolute atomic E-state index is 9.89. The molecule has 2 atom stereocenters. The molecule has 1 fully saturated rings. The molecule has 90 valence electrons. The van der Waals surface area contributed by atoms with Crippen molar-refractivity contribution in [2.75, 3.05) is 5.32 Å². The Morgan fingerprint density at radius 2 is 2.12 bits per heavy atom. The van der Waals surface area contributed by atoms with E-state index < -0.39 is 0 Å². The Hall–Kier alpha value is -1.05. The fraction of sp³-hybridized carbons (Fsp3) is 0.462. The van der Waals surface area contributed by atoms with Gasteiger partial charge in [-0.2, -0.15) is 5.26 Å². The van der Waals surface area contributed by atoms with Gasteiger partial charge < -0.3 is 10.4 Å². The van der Waals surface area contributed by atoms with Gasteiger partial charge in [-0.3, -0.25) is 0 Å². The summed E-state index contributed by atoms with van der Waals surface area (Å²) in [5.41, 5.74) is 1.57. The van der Waals surface area contributed by atoms with Crippen LogP contribution in [0.1, 0.15) is 31.2 Å². The minimum absolute atomic E-state index is 0.119. The Bertz CT molecular complexity index is 442. The second-order valence-corrected chi connectivity index (χ2v) is 5.26. The van der Waals surface area contributed by atoms with Crippen molar-refractivity contribution in [3.63, 3.8) is 0 Å². The lowest BCUT2D eigenvalue weighted by Gasteiger charge is -2.29. The van der Waals surface area contributed by atoms with Crippen LogP contribution in [0.15, 0.2) is 22.7 Å². The third-order valence-corrected chi connectivity index (χ3v) is 3.82. The van der Waals surface area contributed by atoms with E-state index >= 15 is 0 Å². The fourth-order valence-corrected chi connectivity index (χ4v) is 2.67. The molecule has 1 saturated carbocycles. The van der Waals surface area contributed by atoms with Crippen molar-refractivity contribution in [3.05, 3.63) is 28.2 Å². The summed E-state index contributed by atoms with van der Waals surface area (Å²) in [5.74, 6) is 0. The van der Waals surface area contributed by atoms with E-state index in [9.17, 15) is 5.11 Å². The van der Waals surface area contributed by atoms with Crippen LogP contribution >= 0.6 is 15.9 Å². The molecule has 1 aliphatic carbocycles. The molecule has 0 unspecified atom stereocenters. The Balaban J connectivity index is 2.10. The van der Waals surface area contributed by atoms with Gasteiger partial charge >= 0.3 is 0 Å². The topological polar surface area (TPSA) is 56.0 Å². The van der Waals surface area contributed by atoms with E-state index in [1.165, 1.54) is 0 Å². The molecule has 0 aromatic heterocycles. The van der Waals surface area contributed by atoms with E-state index in [0.717, 1.165) is 35.8 Å². The second-order valence-electron chi connectivity index (χ2n) is 4.41. The summed E-state index contributed by atoms with van der Waals surface area (Å²) < 4.78 is 0.870. The molecule has 1 aliphatic rings. The van der Waals surface area contributed by atoms with E-state index in [4.69, 9.17) is 5.26 Å². The Morgan fingerprint density at radius 1 is 1.35 bits per heavy atom. The number of rotatable bonds is 2. The van der Waals surface area contributed by atoms with E-state index in [-0.39, 0.29) is 12.1 Å². The summed E-state index contributed by atoms with van der Waals surface area (Å²) >= 11 is 3.44. The molecule has 3 nitrogen and oxygen atoms in total. The van der Waals surface area contributed by atoms with Crippen LogP contribution in [-0.4, -0.2) is 17.3 Å². The zero-order chi connectivity index (χ0) is 12.3.